The second-order valence-electron chi connectivity index (χ2n) is 13.6. The first kappa shape index (κ1) is 36.2. The highest BCUT2D eigenvalue weighted by Crippen LogP contribution is 2.40. The van der Waals surface area contributed by atoms with Gasteiger partial charge in [-0.1, -0.05) is 150 Å². The first-order valence-electron chi connectivity index (χ1n) is 15.8. The molecule has 0 atom stereocenters. The van der Waals surface area contributed by atoms with Gasteiger partial charge in [0.1, 0.15) is 5.75 Å². The summed E-state index contributed by atoms with van der Waals surface area (Å²) in [7, 11) is -4.29. The monoisotopic (exact) mass is 568 g/mol. The fraction of sp³-hybridized carbons (Fsp3) is 0.818. The SMILES string of the molecule is CC(C)(C)c1cc(CCCCCCCCCCCCCCCCCCCOP(=O)(O)O)cc(C(C)(C)C)c1O. The zero-order valence-corrected chi connectivity index (χ0v) is 27.1. The molecule has 0 aliphatic carbocycles. The van der Waals surface area contributed by atoms with E-state index in [1.54, 1.807) is 0 Å². The molecular weight excluding hydrogens is 507 g/mol. The van der Waals surface area contributed by atoms with Crippen LogP contribution in [0.4, 0.5) is 0 Å². The molecule has 0 saturated heterocycles. The van der Waals surface area contributed by atoms with Crippen molar-refractivity contribution in [3.8, 4) is 5.75 Å². The van der Waals surface area contributed by atoms with Crippen molar-refractivity contribution in [2.75, 3.05) is 6.61 Å². The van der Waals surface area contributed by atoms with E-state index in [2.05, 4.69) is 58.2 Å². The summed E-state index contributed by atoms with van der Waals surface area (Å²) in [5, 5.41) is 10.9. The van der Waals surface area contributed by atoms with Crippen LogP contribution in [0.15, 0.2) is 12.1 Å². The first-order chi connectivity index (χ1) is 18.2. The summed E-state index contributed by atoms with van der Waals surface area (Å²) in [6, 6.07) is 4.48. The van der Waals surface area contributed by atoms with Gasteiger partial charge in [0.05, 0.1) is 6.61 Å². The molecule has 6 heteroatoms. The summed E-state index contributed by atoms with van der Waals surface area (Å²) >= 11 is 0. The van der Waals surface area contributed by atoms with Gasteiger partial charge in [-0.15, -0.1) is 0 Å². The Hall–Kier alpha value is -0.870. The molecule has 0 aliphatic heterocycles. The largest absolute Gasteiger partial charge is 0.507 e. The molecule has 0 fully saturated rings. The van der Waals surface area contributed by atoms with E-state index in [0.717, 1.165) is 36.8 Å². The molecule has 228 valence electrons. The van der Waals surface area contributed by atoms with Crippen molar-refractivity contribution in [1.82, 2.24) is 0 Å². The summed E-state index contributed by atoms with van der Waals surface area (Å²) in [5.74, 6) is 0.484. The Kier molecular flexibility index (Phi) is 17.2. The van der Waals surface area contributed by atoms with Gasteiger partial charge in [0.2, 0.25) is 0 Å². The third kappa shape index (κ3) is 17.5. The predicted octanol–water partition coefficient (Wildman–Crippen LogP) is 10.3. The number of rotatable bonds is 21. The van der Waals surface area contributed by atoms with Crippen molar-refractivity contribution >= 4 is 7.82 Å². The maximum atomic E-state index is 10.9. The fourth-order valence-corrected chi connectivity index (χ4v) is 5.62. The van der Waals surface area contributed by atoms with Crippen LogP contribution in [0.25, 0.3) is 0 Å². The Bertz CT molecular complexity index is 796. The molecule has 0 heterocycles. The lowest BCUT2D eigenvalue weighted by molar-refractivity contribution is 0.193. The third-order valence-corrected chi connectivity index (χ3v) is 8.17. The highest BCUT2D eigenvalue weighted by molar-refractivity contribution is 7.46. The van der Waals surface area contributed by atoms with Crippen LogP contribution < -0.4 is 0 Å². The zero-order valence-electron chi connectivity index (χ0n) is 26.2. The van der Waals surface area contributed by atoms with Gasteiger partial charge < -0.3 is 14.9 Å². The normalized spacial score (nSPS) is 12.8. The number of aryl methyl sites for hydroxylation is 1. The molecule has 1 rings (SSSR count). The molecule has 39 heavy (non-hydrogen) atoms. The second kappa shape index (κ2) is 18.5. The van der Waals surface area contributed by atoms with Crippen molar-refractivity contribution in [2.24, 2.45) is 0 Å². The average molecular weight is 569 g/mol. The highest BCUT2D eigenvalue weighted by atomic mass is 31.2. The second-order valence-corrected chi connectivity index (χ2v) is 14.9. The summed E-state index contributed by atoms with van der Waals surface area (Å²) in [6.07, 6.45) is 22.4. The number of hydrogen-bond donors (Lipinski definition) is 3. The number of unbranched alkanes of at least 4 members (excludes halogenated alkanes) is 16. The number of phenolic OH excluding ortho intramolecular Hbond substituents is 1. The van der Waals surface area contributed by atoms with Crippen LogP contribution in [0.1, 0.15) is 167 Å². The van der Waals surface area contributed by atoms with E-state index < -0.39 is 7.82 Å². The van der Waals surface area contributed by atoms with Crippen LogP contribution in [0.3, 0.4) is 0 Å². The molecule has 0 radical (unpaired) electrons. The molecular formula is C33H61O5P. The standard InChI is InChI=1S/C33H61O5P/c1-32(2,3)29-26-28(27-30(31(29)34)33(4,5)6)24-22-20-18-16-14-12-10-8-7-9-11-13-15-17-19-21-23-25-38-39(35,36)37/h26-27,34H,7-25H2,1-6H3,(H2,35,36,37). The molecule has 0 aromatic heterocycles. The number of phosphoric ester groups is 1. The van der Waals surface area contributed by atoms with Crippen molar-refractivity contribution < 1.29 is 24.0 Å². The van der Waals surface area contributed by atoms with Crippen LogP contribution in [-0.4, -0.2) is 21.5 Å². The molecule has 0 spiro atoms. The highest BCUT2D eigenvalue weighted by Gasteiger charge is 2.26. The van der Waals surface area contributed by atoms with Crippen molar-refractivity contribution in [3.63, 3.8) is 0 Å². The maximum absolute atomic E-state index is 10.9. The van der Waals surface area contributed by atoms with Gasteiger partial charge in [-0.25, -0.2) is 4.57 Å². The maximum Gasteiger partial charge on any atom is 0.469 e. The van der Waals surface area contributed by atoms with Crippen molar-refractivity contribution in [1.29, 1.82) is 0 Å². The number of hydrogen-bond acceptors (Lipinski definition) is 3. The van der Waals surface area contributed by atoms with Gasteiger partial charge in [-0.05, 0) is 46.8 Å². The molecule has 0 aliphatic rings. The lowest BCUT2D eigenvalue weighted by Gasteiger charge is -2.28. The van der Waals surface area contributed by atoms with Crippen LogP contribution in [0.5, 0.6) is 5.75 Å². The van der Waals surface area contributed by atoms with Gasteiger partial charge in [0, 0.05) is 0 Å². The first-order valence-corrected chi connectivity index (χ1v) is 17.3. The van der Waals surface area contributed by atoms with Crippen LogP contribution in [-0.2, 0) is 26.3 Å². The molecule has 1 aromatic carbocycles. The quantitative estimate of drug-likeness (QED) is 0.101. The zero-order chi connectivity index (χ0) is 29.4. The van der Waals surface area contributed by atoms with E-state index >= 15 is 0 Å². The lowest BCUT2D eigenvalue weighted by atomic mass is 9.78. The lowest BCUT2D eigenvalue weighted by Crippen LogP contribution is -2.18. The molecule has 1 aromatic rings. The molecule has 0 amide bonds. The van der Waals surface area contributed by atoms with Gasteiger partial charge in [-0.2, -0.15) is 0 Å². The smallest absolute Gasteiger partial charge is 0.469 e. The number of benzene rings is 1. The van der Waals surface area contributed by atoms with E-state index in [9.17, 15) is 9.67 Å². The Morgan fingerprint density at radius 3 is 1.21 bits per heavy atom. The van der Waals surface area contributed by atoms with E-state index in [1.807, 2.05) is 0 Å². The Morgan fingerprint density at radius 1 is 0.590 bits per heavy atom. The number of phosphoric acid groups is 1. The minimum absolute atomic E-state index is 0.0582. The fourth-order valence-electron chi connectivity index (χ4n) is 5.25. The molecule has 0 unspecified atom stereocenters. The van der Waals surface area contributed by atoms with Gasteiger partial charge in [0.25, 0.3) is 0 Å². The van der Waals surface area contributed by atoms with E-state index in [1.165, 1.54) is 95.5 Å². The minimum Gasteiger partial charge on any atom is -0.507 e. The van der Waals surface area contributed by atoms with Crippen LogP contribution >= 0.6 is 7.82 Å². The Labute approximate surface area is 240 Å². The number of phenols is 1. The van der Waals surface area contributed by atoms with Crippen molar-refractivity contribution in [2.45, 2.75) is 168 Å². The third-order valence-electron chi connectivity index (χ3n) is 7.65. The van der Waals surface area contributed by atoms with E-state index in [-0.39, 0.29) is 17.4 Å². The summed E-state index contributed by atoms with van der Waals surface area (Å²) in [4.78, 5) is 17.3. The average Bonchev–Trinajstić information content (AvgIpc) is 2.81. The molecule has 0 saturated carbocycles. The summed E-state index contributed by atoms with van der Waals surface area (Å²) < 4.78 is 15.0. The summed E-state index contributed by atoms with van der Waals surface area (Å²) in [5.41, 5.74) is 3.40. The predicted molar refractivity (Wildman–Crippen MR) is 166 cm³/mol. The molecule has 0 bridgehead atoms. The van der Waals surface area contributed by atoms with Gasteiger partial charge >= 0.3 is 7.82 Å². The van der Waals surface area contributed by atoms with E-state index in [4.69, 9.17) is 9.79 Å². The number of aromatic hydroxyl groups is 1. The van der Waals surface area contributed by atoms with Gasteiger partial charge in [-0.3, -0.25) is 4.52 Å². The van der Waals surface area contributed by atoms with Crippen molar-refractivity contribution in [3.05, 3.63) is 28.8 Å². The minimum atomic E-state index is -4.29. The Balaban J connectivity index is 2.02. The molecule has 5 nitrogen and oxygen atoms in total. The summed E-state index contributed by atoms with van der Waals surface area (Å²) in [6.45, 7) is 13.3. The van der Waals surface area contributed by atoms with Gasteiger partial charge in [0.15, 0.2) is 0 Å². The van der Waals surface area contributed by atoms with Crippen LogP contribution in [0, 0.1) is 0 Å². The Morgan fingerprint density at radius 2 is 0.897 bits per heavy atom. The topological polar surface area (TPSA) is 87.0 Å². The molecule has 3 N–H and O–H groups in total. The van der Waals surface area contributed by atoms with Crippen LogP contribution in [0.2, 0.25) is 0 Å². The van der Waals surface area contributed by atoms with E-state index in [0.29, 0.717) is 5.75 Å².